The number of phenolic OH excluding ortho intramolecular Hbond substituents is 1. The van der Waals surface area contributed by atoms with Crippen molar-refractivity contribution < 1.29 is 53.4 Å². The van der Waals surface area contributed by atoms with Crippen molar-refractivity contribution in [3.05, 3.63) is 91.1 Å². The highest BCUT2D eigenvalue weighted by Gasteiger charge is 2.44. The molecule has 3 aliphatic heterocycles. The van der Waals surface area contributed by atoms with Crippen LogP contribution in [-0.4, -0.2) is 112 Å². The fourth-order valence-electron chi connectivity index (χ4n) is 9.56. The number of carbonyl (C=O) groups is 2. The fourth-order valence-corrected chi connectivity index (χ4v) is 9.56. The number of hydrogen-bond acceptors (Lipinski definition) is 16. The Bertz CT molecular complexity index is 2980. The number of amides is 1. The van der Waals surface area contributed by atoms with Gasteiger partial charge in [0.05, 0.1) is 35.2 Å². The lowest BCUT2D eigenvalue weighted by atomic mass is 9.78. The number of allylic oxidation sites excluding steroid dienone is 3. The molecule has 4 bridgehead atoms. The average Bonchev–Trinajstić information content (AvgIpc) is 3.58. The van der Waals surface area contributed by atoms with Crippen LogP contribution in [0.5, 0.6) is 11.5 Å². The summed E-state index contributed by atoms with van der Waals surface area (Å²) in [5.41, 5.74) is -0.175. The second kappa shape index (κ2) is 20.0. The second-order valence-electron chi connectivity index (χ2n) is 19.1. The van der Waals surface area contributed by atoms with Crippen LogP contribution in [0.1, 0.15) is 67.9 Å². The van der Waals surface area contributed by atoms with E-state index in [4.69, 9.17) is 28.3 Å². The van der Waals surface area contributed by atoms with Crippen molar-refractivity contribution in [1.82, 2.24) is 9.88 Å². The maximum absolute atomic E-state index is 14.9. The van der Waals surface area contributed by atoms with Crippen molar-refractivity contribution in [3.8, 4) is 11.5 Å². The van der Waals surface area contributed by atoms with Gasteiger partial charge in [0, 0.05) is 112 Å². The molecule has 4 aromatic rings. The Labute approximate surface area is 400 Å². The number of methoxy groups -OCH3 is 1. The Morgan fingerprint density at radius 1 is 0.942 bits per heavy atom. The number of anilines is 2. The lowest BCUT2D eigenvalue weighted by molar-refractivity contribution is -0.160. The molecule has 0 saturated carbocycles. The summed E-state index contributed by atoms with van der Waals surface area (Å²) in [6, 6.07) is 3.14. The Balaban J connectivity index is 1.45. The van der Waals surface area contributed by atoms with Crippen LogP contribution >= 0.6 is 0 Å². The van der Waals surface area contributed by atoms with Gasteiger partial charge in [-0.3, -0.25) is 24.1 Å². The number of fused-ring (bicyclic) bond motifs is 2. The van der Waals surface area contributed by atoms with Gasteiger partial charge >= 0.3 is 11.8 Å². The van der Waals surface area contributed by atoms with E-state index in [-0.39, 0.29) is 60.8 Å². The summed E-state index contributed by atoms with van der Waals surface area (Å²) >= 11 is 0. The summed E-state index contributed by atoms with van der Waals surface area (Å²) in [6.45, 7) is 20.3. The van der Waals surface area contributed by atoms with Gasteiger partial charge < -0.3 is 54.0 Å². The van der Waals surface area contributed by atoms with E-state index in [0.717, 1.165) is 19.6 Å². The molecule has 1 aromatic heterocycles. The molecule has 0 radical (unpaired) electrons. The number of ether oxygens (including phenoxy) is 4. The summed E-state index contributed by atoms with van der Waals surface area (Å²) in [5, 5.41) is 49.3. The number of benzene rings is 3. The summed E-state index contributed by atoms with van der Waals surface area (Å²) < 4.78 is 30.6. The minimum Gasteiger partial charge on any atom is -0.507 e. The zero-order valence-corrected chi connectivity index (χ0v) is 41.1. The van der Waals surface area contributed by atoms with Crippen LogP contribution in [0.2, 0.25) is 0 Å². The maximum Gasteiger partial charge on any atom is 0.307 e. The molecule has 0 aliphatic carbocycles. The first-order valence-electron chi connectivity index (χ1n) is 23.3. The van der Waals surface area contributed by atoms with Crippen LogP contribution in [0.3, 0.4) is 0 Å². The molecule has 9 atom stereocenters. The van der Waals surface area contributed by atoms with E-state index in [1.165, 1.54) is 64.9 Å². The van der Waals surface area contributed by atoms with Gasteiger partial charge in [-0.2, -0.15) is 0 Å². The Hall–Kier alpha value is -6.27. The molecule has 1 amide bonds. The van der Waals surface area contributed by atoms with E-state index in [2.05, 4.69) is 35.0 Å². The average molecular weight is 953 g/mol. The van der Waals surface area contributed by atoms with Crippen LogP contribution in [0.15, 0.2) is 73.9 Å². The second-order valence-corrected chi connectivity index (χ2v) is 19.1. The standard InChI is InChI=1S/C52H64N4O13/c1-25(2)15-17-55-18-20-56(21-19-55)33-23-34(58)40-36(24-33)68-49-41(53-40)37-38-45(61)31(8)48-39(37)50(63)52(10,69-48)66-22-16-35(65-11)28(5)47(67-32(9)57)30(7)44(60)29(6)43(59)26(3)13-12-14-27(4)51(64)54-42(49)46(38)62/h12-16,22-24,26,28-30,35,43-44,47,59-61,63H,17-21H2,1-11H3,(H,54,64)/b13-12+,22-16-,27-14+/t26-,28+,29+,30+,35-,43-,44+,47+,52-/m0/s1. The minimum atomic E-state index is -1.99. The first kappa shape index (κ1) is 50.6. The predicted octanol–water partition coefficient (Wildman–Crippen LogP) is 5.65. The SMILES string of the molecule is CO[C@H]1/C=C\O[C@@]2(C)Oc3c(C)c(O)c4c(=O)c(c5oc6cc(N7CCN(CC=C(C)C)CC7)cc(=O)c6nc5c4c3=C2O)NC(=O)/C(C)=C/C=C/[C@H](C)[C@H](O)[C@@H](C)[C@@H](O)[C@@H](C)[C@H](OC(C)=O)[C@@H]1C. The first-order valence-corrected chi connectivity index (χ1v) is 23.3. The molecule has 3 aliphatic rings. The third-order valence-corrected chi connectivity index (χ3v) is 13.9. The minimum absolute atomic E-state index is 0.0319. The molecular weight excluding hydrogens is 889 g/mol. The molecule has 17 heteroatoms. The molecule has 69 heavy (non-hydrogen) atoms. The number of aliphatic hydroxyl groups excluding tert-OH is 3. The molecule has 5 N–H and O–H groups in total. The number of esters is 1. The third-order valence-electron chi connectivity index (χ3n) is 13.9. The highest BCUT2D eigenvalue weighted by Crippen LogP contribution is 2.42. The highest BCUT2D eigenvalue weighted by molar-refractivity contribution is 6.16. The number of nitrogens with zero attached hydrogens (tertiary/aromatic N) is 3. The summed E-state index contributed by atoms with van der Waals surface area (Å²) in [5.74, 6) is -6.95. The number of aliphatic hydroxyl groups is 3. The number of phenols is 1. The molecule has 370 valence electrons. The molecule has 0 spiro atoms. The van der Waals surface area contributed by atoms with Crippen LogP contribution in [0, 0.1) is 30.6 Å². The van der Waals surface area contributed by atoms with Gasteiger partial charge in [0.25, 0.3) is 5.91 Å². The van der Waals surface area contributed by atoms with Crippen LogP contribution < -0.4 is 31.0 Å². The van der Waals surface area contributed by atoms with Gasteiger partial charge in [0.1, 0.15) is 28.8 Å². The summed E-state index contributed by atoms with van der Waals surface area (Å²) in [4.78, 5) is 64.7. The molecule has 17 nitrogen and oxygen atoms in total. The fraction of sp³-hybridized carbons (Fsp3) is 0.481. The molecule has 7 rings (SSSR count). The van der Waals surface area contributed by atoms with Crippen LogP contribution in [-0.2, 0) is 23.8 Å². The largest absolute Gasteiger partial charge is 0.507 e. The van der Waals surface area contributed by atoms with E-state index in [1.54, 1.807) is 45.9 Å². The van der Waals surface area contributed by atoms with Crippen LogP contribution in [0.4, 0.5) is 11.4 Å². The van der Waals surface area contributed by atoms with E-state index in [1.807, 2.05) is 0 Å². The molecule has 1 fully saturated rings. The van der Waals surface area contributed by atoms with Crippen molar-refractivity contribution in [2.24, 2.45) is 23.7 Å². The van der Waals surface area contributed by atoms with Crippen LogP contribution in [0.25, 0.3) is 38.7 Å². The Morgan fingerprint density at radius 2 is 1.64 bits per heavy atom. The maximum atomic E-state index is 14.9. The van der Waals surface area contributed by atoms with Gasteiger partial charge in [-0.05, 0) is 33.8 Å². The molecule has 0 unspecified atom stereocenters. The van der Waals surface area contributed by atoms with Crippen molar-refractivity contribution in [1.29, 1.82) is 0 Å². The van der Waals surface area contributed by atoms with Gasteiger partial charge in [-0.15, -0.1) is 0 Å². The normalized spacial score (nSPS) is 29.1. The number of rotatable bonds is 5. The van der Waals surface area contributed by atoms with Crippen molar-refractivity contribution in [3.63, 3.8) is 0 Å². The van der Waals surface area contributed by atoms with Gasteiger partial charge in [-0.25, -0.2) is 4.98 Å². The summed E-state index contributed by atoms with van der Waals surface area (Å²) in [6.07, 6.45) is 5.73. The number of aromatic nitrogens is 1. The Kier molecular flexibility index (Phi) is 14.7. The smallest absolute Gasteiger partial charge is 0.307 e. The van der Waals surface area contributed by atoms with E-state index in [9.17, 15) is 39.6 Å². The lowest BCUT2D eigenvalue weighted by Gasteiger charge is -2.38. The Morgan fingerprint density at radius 3 is 2.29 bits per heavy atom. The summed E-state index contributed by atoms with van der Waals surface area (Å²) in [7, 11) is 1.45. The van der Waals surface area contributed by atoms with Gasteiger partial charge in [0.2, 0.25) is 10.9 Å². The molecule has 3 aromatic carbocycles. The number of hydrogen-bond donors (Lipinski definition) is 5. The number of nitrogens with one attached hydrogen (secondary N) is 1. The topological polar surface area (TPSA) is 231 Å². The number of piperazine rings is 1. The predicted molar refractivity (Wildman–Crippen MR) is 263 cm³/mol. The van der Waals surface area contributed by atoms with E-state index < -0.39 is 88.1 Å². The highest BCUT2D eigenvalue weighted by atomic mass is 16.7. The van der Waals surface area contributed by atoms with Crippen molar-refractivity contribution in [2.45, 2.75) is 99.4 Å². The monoisotopic (exact) mass is 952 g/mol. The zero-order chi connectivity index (χ0) is 50.4. The first-order chi connectivity index (χ1) is 32.6. The lowest BCUT2D eigenvalue weighted by Crippen LogP contribution is -2.46. The zero-order valence-electron chi connectivity index (χ0n) is 41.1. The number of aromatic hydroxyl groups is 1. The van der Waals surface area contributed by atoms with Crippen molar-refractivity contribution in [2.75, 3.05) is 50.1 Å². The van der Waals surface area contributed by atoms with Gasteiger partial charge in [-0.1, -0.05) is 57.6 Å². The number of carbonyl (C=O) groups excluding carboxylic acids is 2. The molecule has 4 heterocycles. The van der Waals surface area contributed by atoms with E-state index in [0.29, 0.717) is 18.8 Å². The van der Waals surface area contributed by atoms with Crippen molar-refractivity contribution >= 4 is 62.0 Å². The van der Waals surface area contributed by atoms with E-state index >= 15 is 0 Å². The molecule has 1 saturated heterocycles. The molecular formula is C52H64N4O13. The van der Waals surface area contributed by atoms with Gasteiger partial charge in [0.15, 0.2) is 22.4 Å². The third kappa shape index (κ3) is 9.69. The quantitative estimate of drug-likeness (QED) is 0.0705.